The molecular formula is C17H19ClN4O2. The molecule has 6 nitrogen and oxygen atoms in total. The van der Waals surface area contributed by atoms with E-state index in [-0.39, 0.29) is 6.10 Å². The van der Waals surface area contributed by atoms with Crippen LogP contribution in [-0.2, 0) is 13.0 Å². The molecule has 0 radical (unpaired) electrons. The number of rotatable bonds is 6. The molecule has 7 heteroatoms. The molecule has 0 bridgehead atoms. The number of aryl methyl sites for hydroxylation is 4. The Bertz CT molecular complexity index is 791. The van der Waals surface area contributed by atoms with Crippen molar-refractivity contribution in [3.05, 3.63) is 58.5 Å². The third kappa shape index (κ3) is 3.76. The van der Waals surface area contributed by atoms with Crippen molar-refractivity contribution in [1.29, 1.82) is 0 Å². The van der Waals surface area contributed by atoms with Crippen molar-refractivity contribution in [1.82, 2.24) is 20.0 Å². The predicted molar refractivity (Wildman–Crippen MR) is 90.2 cm³/mol. The van der Waals surface area contributed by atoms with Crippen LogP contribution in [-0.4, -0.2) is 20.0 Å². The van der Waals surface area contributed by atoms with Crippen LogP contribution in [0.1, 0.15) is 35.9 Å². The molecule has 1 unspecified atom stereocenters. The minimum absolute atomic E-state index is 0.338. The normalized spacial score (nSPS) is 12.3. The lowest BCUT2D eigenvalue weighted by atomic mass is 10.1. The maximum Gasteiger partial charge on any atom is 0.256 e. The topological polar surface area (TPSA) is 66.0 Å². The molecule has 3 aromatic rings. The molecule has 0 aliphatic rings. The zero-order valence-corrected chi connectivity index (χ0v) is 14.6. The second-order valence-electron chi connectivity index (χ2n) is 5.68. The molecule has 3 rings (SSSR count). The molecule has 24 heavy (non-hydrogen) atoms. The van der Waals surface area contributed by atoms with Gasteiger partial charge in [-0.1, -0.05) is 11.6 Å². The van der Waals surface area contributed by atoms with Gasteiger partial charge < -0.3 is 9.15 Å². The number of nitrogens with zero attached hydrogens (tertiary/aromatic N) is 4. The van der Waals surface area contributed by atoms with E-state index in [2.05, 4.69) is 15.3 Å². The Morgan fingerprint density at radius 2 is 2.00 bits per heavy atom. The Labute approximate surface area is 145 Å². The Morgan fingerprint density at radius 3 is 2.67 bits per heavy atom. The summed E-state index contributed by atoms with van der Waals surface area (Å²) in [6.07, 6.45) is 3.93. The smallest absolute Gasteiger partial charge is 0.256 e. The maximum atomic E-state index is 6.05. The van der Waals surface area contributed by atoms with Gasteiger partial charge >= 0.3 is 0 Å². The van der Waals surface area contributed by atoms with Gasteiger partial charge in [-0.25, -0.2) is 0 Å². The molecule has 2 aromatic heterocycles. The fourth-order valence-corrected chi connectivity index (χ4v) is 2.81. The van der Waals surface area contributed by atoms with Crippen LogP contribution >= 0.6 is 11.6 Å². The highest BCUT2D eigenvalue weighted by atomic mass is 35.5. The van der Waals surface area contributed by atoms with Gasteiger partial charge in [0, 0.05) is 30.4 Å². The standard InChI is InChI=1S/C17H19ClN4O2/c1-11-9-14(18)10-12(2)16(11)23-13(3)17-21-20-15(24-17)5-8-22-7-4-6-19-22/h4,6-7,9-10,13H,5,8H2,1-3H3. The van der Waals surface area contributed by atoms with E-state index in [0.29, 0.717) is 29.8 Å². The average Bonchev–Trinajstić information content (AvgIpc) is 3.19. The lowest BCUT2D eigenvalue weighted by molar-refractivity contribution is 0.183. The summed E-state index contributed by atoms with van der Waals surface area (Å²) < 4.78 is 13.5. The number of halogens is 1. The summed E-state index contributed by atoms with van der Waals surface area (Å²) in [6, 6.07) is 5.63. The van der Waals surface area contributed by atoms with E-state index in [1.54, 1.807) is 6.20 Å². The Morgan fingerprint density at radius 1 is 1.25 bits per heavy atom. The fourth-order valence-electron chi connectivity index (χ4n) is 2.49. The molecule has 0 fully saturated rings. The van der Waals surface area contributed by atoms with Gasteiger partial charge in [-0.15, -0.1) is 10.2 Å². The van der Waals surface area contributed by atoms with Gasteiger partial charge in [0.2, 0.25) is 5.89 Å². The molecular weight excluding hydrogens is 328 g/mol. The van der Waals surface area contributed by atoms with Crippen molar-refractivity contribution in [3.8, 4) is 5.75 Å². The summed E-state index contributed by atoms with van der Waals surface area (Å²) in [4.78, 5) is 0. The van der Waals surface area contributed by atoms with Crippen molar-refractivity contribution in [2.24, 2.45) is 0 Å². The average molecular weight is 347 g/mol. The van der Waals surface area contributed by atoms with Gasteiger partial charge in [0.05, 0.1) is 0 Å². The largest absolute Gasteiger partial charge is 0.480 e. The van der Waals surface area contributed by atoms with Crippen LogP contribution in [0.25, 0.3) is 0 Å². The van der Waals surface area contributed by atoms with E-state index < -0.39 is 0 Å². The van der Waals surface area contributed by atoms with Crippen LogP contribution in [0.4, 0.5) is 0 Å². The van der Waals surface area contributed by atoms with Crippen molar-refractivity contribution < 1.29 is 9.15 Å². The van der Waals surface area contributed by atoms with Gasteiger partial charge in [0.15, 0.2) is 6.10 Å². The van der Waals surface area contributed by atoms with Gasteiger partial charge in [0.25, 0.3) is 5.89 Å². The first-order valence-corrected chi connectivity index (χ1v) is 8.14. The highest BCUT2D eigenvalue weighted by Gasteiger charge is 2.18. The van der Waals surface area contributed by atoms with Gasteiger partial charge in [-0.05, 0) is 50.1 Å². The number of hydrogen-bond donors (Lipinski definition) is 0. The minimum atomic E-state index is -0.338. The lowest BCUT2D eigenvalue weighted by Crippen LogP contribution is -2.06. The second-order valence-corrected chi connectivity index (χ2v) is 6.12. The van der Waals surface area contributed by atoms with Gasteiger partial charge in [0.1, 0.15) is 5.75 Å². The first-order valence-electron chi connectivity index (χ1n) is 7.76. The Balaban J connectivity index is 1.66. The predicted octanol–water partition coefficient (Wildman–Crippen LogP) is 3.92. The molecule has 1 atom stereocenters. The number of hydrogen-bond acceptors (Lipinski definition) is 5. The molecule has 0 saturated carbocycles. The molecule has 1 aromatic carbocycles. The Hall–Kier alpha value is -2.34. The molecule has 0 N–H and O–H groups in total. The van der Waals surface area contributed by atoms with Crippen molar-refractivity contribution >= 4 is 11.6 Å². The summed E-state index contributed by atoms with van der Waals surface area (Å²) >= 11 is 6.05. The van der Waals surface area contributed by atoms with Crippen molar-refractivity contribution in [3.63, 3.8) is 0 Å². The molecule has 0 aliphatic carbocycles. The monoisotopic (exact) mass is 346 g/mol. The molecule has 0 amide bonds. The quantitative estimate of drug-likeness (QED) is 0.676. The molecule has 0 spiro atoms. The summed E-state index contributed by atoms with van der Waals surface area (Å²) in [5.74, 6) is 1.82. The van der Waals surface area contributed by atoms with Gasteiger partial charge in [-0.2, -0.15) is 5.10 Å². The van der Waals surface area contributed by atoms with Gasteiger partial charge in [-0.3, -0.25) is 4.68 Å². The first-order chi connectivity index (χ1) is 11.5. The minimum Gasteiger partial charge on any atom is -0.480 e. The molecule has 126 valence electrons. The SMILES string of the molecule is Cc1cc(Cl)cc(C)c1OC(C)c1nnc(CCn2cccn2)o1. The first kappa shape index (κ1) is 16.5. The van der Waals surface area contributed by atoms with Crippen LogP contribution in [0.3, 0.4) is 0 Å². The van der Waals surface area contributed by atoms with E-state index in [1.165, 1.54) is 0 Å². The van der Waals surface area contributed by atoms with Crippen LogP contribution < -0.4 is 4.74 Å². The summed E-state index contributed by atoms with van der Waals surface area (Å²) in [6.45, 7) is 6.51. The summed E-state index contributed by atoms with van der Waals surface area (Å²) in [5, 5.41) is 13.0. The third-order valence-electron chi connectivity index (χ3n) is 3.66. The summed E-state index contributed by atoms with van der Waals surface area (Å²) in [5.41, 5.74) is 1.95. The molecule has 0 aliphatic heterocycles. The second kappa shape index (κ2) is 7.05. The van der Waals surface area contributed by atoms with Crippen LogP contribution in [0.15, 0.2) is 35.0 Å². The van der Waals surface area contributed by atoms with E-state index in [0.717, 1.165) is 16.9 Å². The van der Waals surface area contributed by atoms with Crippen molar-refractivity contribution in [2.75, 3.05) is 0 Å². The maximum absolute atomic E-state index is 6.05. The highest BCUT2D eigenvalue weighted by molar-refractivity contribution is 6.30. The zero-order chi connectivity index (χ0) is 17.1. The van der Waals surface area contributed by atoms with Crippen molar-refractivity contribution in [2.45, 2.75) is 39.8 Å². The summed E-state index contributed by atoms with van der Waals surface area (Å²) in [7, 11) is 0. The van der Waals surface area contributed by atoms with E-state index in [4.69, 9.17) is 20.8 Å². The lowest BCUT2D eigenvalue weighted by Gasteiger charge is -2.16. The molecule has 0 saturated heterocycles. The Kier molecular flexibility index (Phi) is 4.85. The number of benzene rings is 1. The van der Waals surface area contributed by atoms with E-state index in [9.17, 15) is 0 Å². The number of ether oxygens (including phenoxy) is 1. The van der Waals surface area contributed by atoms with E-state index >= 15 is 0 Å². The highest BCUT2D eigenvalue weighted by Crippen LogP contribution is 2.30. The number of aromatic nitrogens is 4. The molecule has 2 heterocycles. The van der Waals surface area contributed by atoms with Crippen LogP contribution in [0.2, 0.25) is 5.02 Å². The van der Waals surface area contributed by atoms with Crippen LogP contribution in [0.5, 0.6) is 5.75 Å². The van der Waals surface area contributed by atoms with Crippen LogP contribution in [0, 0.1) is 13.8 Å². The zero-order valence-electron chi connectivity index (χ0n) is 13.9. The van der Waals surface area contributed by atoms with E-state index in [1.807, 2.05) is 49.8 Å². The third-order valence-corrected chi connectivity index (χ3v) is 3.88. The fraction of sp³-hybridized carbons (Fsp3) is 0.353.